The molecule has 1 aromatic rings. The molecular weight excluding hydrogens is 328 g/mol. The molecule has 0 saturated carbocycles. The monoisotopic (exact) mass is 354 g/mol. The molecule has 0 aliphatic carbocycles. The first-order chi connectivity index (χ1) is 10.1. The summed E-state index contributed by atoms with van der Waals surface area (Å²) in [4.78, 5) is 2.55. The van der Waals surface area contributed by atoms with Gasteiger partial charge in [0.15, 0.2) is 0 Å². The highest BCUT2D eigenvalue weighted by Crippen LogP contribution is 2.17. The number of hydrogen-bond donors (Lipinski definition) is 1. The molecule has 0 atom stereocenters. The van der Waals surface area contributed by atoms with Crippen LogP contribution in [0.5, 0.6) is 5.75 Å². The quantitative estimate of drug-likeness (QED) is 0.810. The van der Waals surface area contributed by atoms with Crippen molar-refractivity contribution >= 4 is 15.9 Å². The van der Waals surface area contributed by atoms with Crippen LogP contribution in [0.2, 0.25) is 0 Å². The molecule has 0 amide bonds. The predicted molar refractivity (Wildman–Crippen MR) is 91.9 cm³/mol. The van der Waals surface area contributed by atoms with E-state index in [1.807, 2.05) is 24.3 Å². The highest BCUT2D eigenvalue weighted by Gasteiger charge is 2.18. The molecule has 2 rings (SSSR count). The van der Waals surface area contributed by atoms with Gasteiger partial charge in [-0.1, -0.05) is 15.9 Å². The predicted octanol–water partition coefficient (Wildman–Crippen LogP) is 3.54. The Morgan fingerprint density at radius 1 is 1.24 bits per heavy atom. The second-order valence-corrected chi connectivity index (χ2v) is 7.00. The summed E-state index contributed by atoms with van der Waals surface area (Å²) in [6.07, 6.45) is 2.60. The Morgan fingerprint density at radius 2 is 1.90 bits per heavy atom. The Balaban J connectivity index is 1.75. The van der Waals surface area contributed by atoms with Crippen molar-refractivity contribution in [1.29, 1.82) is 0 Å². The molecule has 0 bridgehead atoms. The molecule has 0 aromatic heterocycles. The lowest BCUT2D eigenvalue weighted by Crippen LogP contribution is -2.41. The number of hydrogen-bond acceptors (Lipinski definition) is 3. The van der Waals surface area contributed by atoms with Crippen molar-refractivity contribution in [3.8, 4) is 5.75 Å². The molecule has 1 N–H and O–H groups in total. The molecule has 1 aliphatic rings. The minimum atomic E-state index is 0.577. The van der Waals surface area contributed by atoms with Crippen LogP contribution in [0.15, 0.2) is 28.7 Å². The summed E-state index contributed by atoms with van der Waals surface area (Å²) in [5.74, 6) is 1.78. The van der Waals surface area contributed by atoms with E-state index in [1.54, 1.807) is 0 Å². The fraction of sp³-hybridized carbons (Fsp3) is 0.647. The van der Waals surface area contributed by atoms with Crippen LogP contribution in [0.1, 0.15) is 26.7 Å². The number of ether oxygens (including phenoxy) is 1. The molecule has 1 fully saturated rings. The average molecular weight is 355 g/mol. The summed E-state index contributed by atoms with van der Waals surface area (Å²) in [5.41, 5.74) is 0. The summed E-state index contributed by atoms with van der Waals surface area (Å²) >= 11 is 3.44. The number of rotatable bonds is 7. The second kappa shape index (κ2) is 8.76. The van der Waals surface area contributed by atoms with Crippen molar-refractivity contribution in [2.24, 2.45) is 5.92 Å². The van der Waals surface area contributed by atoms with Gasteiger partial charge in [0, 0.05) is 23.6 Å². The first kappa shape index (κ1) is 16.8. The number of piperidine rings is 1. The third-order valence-electron chi connectivity index (χ3n) is 4.14. The molecule has 1 heterocycles. The Hall–Kier alpha value is -0.580. The lowest BCUT2D eigenvalue weighted by molar-refractivity contribution is 0.142. The zero-order chi connectivity index (χ0) is 15.1. The van der Waals surface area contributed by atoms with Gasteiger partial charge in [-0.15, -0.1) is 0 Å². The zero-order valence-electron chi connectivity index (χ0n) is 13.1. The summed E-state index contributed by atoms with van der Waals surface area (Å²) in [5, 5.41) is 3.44. The number of nitrogens with zero attached hydrogens (tertiary/aromatic N) is 1. The Bertz CT molecular complexity index is 402. The lowest BCUT2D eigenvalue weighted by Gasteiger charge is -2.32. The lowest BCUT2D eigenvalue weighted by atomic mass is 9.97. The van der Waals surface area contributed by atoms with Crippen molar-refractivity contribution in [3.63, 3.8) is 0 Å². The average Bonchev–Trinajstić information content (AvgIpc) is 2.49. The van der Waals surface area contributed by atoms with Gasteiger partial charge in [0.2, 0.25) is 0 Å². The fourth-order valence-corrected chi connectivity index (χ4v) is 3.03. The molecule has 0 unspecified atom stereocenters. The van der Waals surface area contributed by atoms with E-state index in [0.717, 1.165) is 29.3 Å². The van der Waals surface area contributed by atoms with Gasteiger partial charge in [0.05, 0.1) is 0 Å². The Labute approximate surface area is 137 Å². The smallest absolute Gasteiger partial charge is 0.119 e. The van der Waals surface area contributed by atoms with E-state index in [1.165, 1.54) is 32.5 Å². The molecule has 1 saturated heterocycles. The zero-order valence-corrected chi connectivity index (χ0v) is 14.7. The number of nitrogens with one attached hydrogen (secondary N) is 1. The minimum Gasteiger partial charge on any atom is -0.492 e. The van der Waals surface area contributed by atoms with Crippen LogP contribution < -0.4 is 10.1 Å². The van der Waals surface area contributed by atoms with E-state index in [9.17, 15) is 0 Å². The first-order valence-electron chi connectivity index (χ1n) is 7.98. The maximum absolute atomic E-state index is 5.86. The van der Waals surface area contributed by atoms with Crippen LogP contribution in [0.25, 0.3) is 0 Å². The molecule has 0 radical (unpaired) electrons. The molecular formula is C17H27BrN2O. The molecule has 1 aliphatic heterocycles. The van der Waals surface area contributed by atoms with E-state index in [2.05, 4.69) is 40.0 Å². The van der Waals surface area contributed by atoms with E-state index in [0.29, 0.717) is 6.04 Å². The first-order valence-corrected chi connectivity index (χ1v) is 8.77. The summed E-state index contributed by atoms with van der Waals surface area (Å²) < 4.78 is 6.94. The highest BCUT2D eigenvalue weighted by molar-refractivity contribution is 9.10. The van der Waals surface area contributed by atoms with Gasteiger partial charge in [-0.2, -0.15) is 0 Å². The molecule has 118 valence electrons. The standard InChI is InChI=1S/C17H27BrN2O/c1-14(2)20(13-15-7-9-19-10-8-15)11-12-21-17-5-3-16(18)4-6-17/h3-6,14-15,19H,7-13H2,1-2H3. The van der Waals surface area contributed by atoms with Crippen LogP contribution in [-0.2, 0) is 0 Å². The molecule has 3 nitrogen and oxygen atoms in total. The largest absolute Gasteiger partial charge is 0.492 e. The van der Waals surface area contributed by atoms with Crippen molar-refractivity contribution < 1.29 is 4.74 Å². The maximum Gasteiger partial charge on any atom is 0.119 e. The molecule has 21 heavy (non-hydrogen) atoms. The Morgan fingerprint density at radius 3 is 2.52 bits per heavy atom. The second-order valence-electron chi connectivity index (χ2n) is 6.08. The van der Waals surface area contributed by atoms with Gasteiger partial charge < -0.3 is 10.1 Å². The van der Waals surface area contributed by atoms with E-state index in [4.69, 9.17) is 4.74 Å². The highest BCUT2D eigenvalue weighted by atomic mass is 79.9. The SMILES string of the molecule is CC(C)N(CCOc1ccc(Br)cc1)CC1CCNCC1. The van der Waals surface area contributed by atoms with Crippen molar-refractivity contribution in [1.82, 2.24) is 10.2 Å². The molecule has 4 heteroatoms. The van der Waals surface area contributed by atoms with E-state index in [-0.39, 0.29) is 0 Å². The van der Waals surface area contributed by atoms with Crippen molar-refractivity contribution in [2.45, 2.75) is 32.7 Å². The summed E-state index contributed by atoms with van der Waals surface area (Å²) in [6.45, 7) is 9.85. The summed E-state index contributed by atoms with van der Waals surface area (Å²) in [7, 11) is 0. The molecule has 1 aromatic carbocycles. The van der Waals surface area contributed by atoms with Crippen LogP contribution in [0, 0.1) is 5.92 Å². The third-order valence-corrected chi connectivity index (χ3v) is 4.67. The van der Waals surface area contributed by atoms with Gasteiger partial charge in [-0.25, -0.2) is 0 Å². The fourth-order valence-electron chi connectivity index (χ4n) is 2.77. The van der Waals surface area contributed by atoms with E-state index >= 15 is 0 Å². The van der Waals surface area contributed by atoms with Crippen LogP contribution in [0.3, 0.4) is 0 Å². The molecule has 0 spiro atoms. The number of halogens is 1. The van der Waals surface area contributed by atoms with Crippen LogP contribution in [-0.4, -0.2) is 43.7 Å². The normalized spacial score (nSPS) is 16.6. The van der Waals surface area contributed by atoms with Crippen molar-refractivity contribution in [2.75, 3.05) is 32.8 Å². The maximum atomic E-state index is 5.86. The number of benzene rings is 1. The van der Waals surface area contributed by atoms with E-state index < -0.39 is 0 Å². The van der Waals surface area contributed by atoms with Crippen molar-refractivity contribution in [3.05, 3.63) is 28.7 Å². The minimum absolute atomic E-state index is 0.577. The Kier molecular flexibility index (Phi) is 7.00. The van der Waals surface area contributed by atoms with Gasteiger partial charge in [0.1, 0.15) is 12.4 Å². The van der Waals surface area contributed by atoms with Crippen LogP contribution >= 0.6 is 15.9 Å². The van der Waals surface area contributed by atoms with Gasteiger partial charge in [-0.3, -0.25) is 4.90 Å². The van der Waals surface area contributed by atoms with Gasteiger partial charge in [-0.05, 0) is 70.0 Å². The van der Waals surface area contributed by atoms with Crippen LogP contribution in [0.4, 0.5) is 0 Å². The summed E-state index contributed by atoms with van der Waals surface area (Å²) in [6, 6.07) is 8.64. The van der Waals surface area contributed by atoms with Gasteiger partial charge in [0.25, 0.3) is 0 Å². The third kappa shape index (κ3) is 5.97. The van der Waals surface area contributed by atoms with Gasteiger partial charge >= 0.3 is 0 Å². The topological polar surface area (TPSA) is 24.5 Å².